The van der Waals surface area contributed by atoms with Crippen LogP contribution in [0.5, 0.6) is 0 Å². The topological polar surface area (TPSA) is 61.7 Å². The van der Waals surface area contributed by atoms with E-state index in [1.807, 2.05) is 23.7 Å². The molecule has 0 spiro atoms. The van der Waals surface area contributed by atoms with Crippen molar-refractivity contribution in [3.8, 4) is 0 Å². The van der Waals surface area contributed by atoms with E-state index in [0.717, 1.165) is 15.8 Å². The Labute approximate surface area is 78.5 Å². The second-order valence-electron chi connectivity index (χ2n) is 2.54. The molecule has 0 bridgehead atoms. The van der Waals surface area contributed by atoms with Crippen molar-refractivity contribution in [2.75, 3.05) is 0 Å². The second-order valence-corrected chi connectivity index (χ2v) is 3.43. The molecule has 1 heterocycles. The average Bonchev–Trinajstić information content (AvgIpc) is 2.61. The molecule has 0 saturated heterocycles. The zero-order valence-corrected chi connectivity index (χ0v) is 7.53. The first-order valence-corrected chi connectivity index (χ1v) is 4.61. The van der Waals surface area contributed by atoms with Gasteiger partial charge in [0.15, 0.2) is 0 Å². The number of hydrogen-bond acceptors (Lipinski definition) is 3. The van der Waals surface area contributed by atoms with Gasteiger partial charge in [0, 0.05) is 4.91 Å². The molecule has 1 aromatic carbocycles. The molecule has 13 heavy (non-hydrogen) atoms. The lowest BCUT2D eigenvalue weighted by molar-refractivity contribution is 1.05. The van der Waals surface area contributed by atoms with Gasteiger partial charge < -0.3 is 0 Å². The summed E-state index contributed by atoms with van der Waals surface area (Å²) in [5.74, 6) is 0. The van der Waals surface area contributed by atoms with Gasteiger partial charge in [-0.3, -0.25) is 0 Å². The van der Waals surface area contributed by atoms with E-state index in [2.05, 4.69) is 15.0 Å². The molecule has 2 aromatic rings. The third kappa shape index (κ3) is 1.61. The van der Waals surface area contributed by atoms with Gasteiger partial charge in [0.2, 0.25) is 0 Å². The van der Waals surface area contributed by atoms with E-state index in [4.69, 9.17) is 5.53 Å². The van der Waals surface area contributed by atoms with E-state index in [-0.39, 0.29) is 0 Å². The molecular weight excluding hydrogens is 184 g/mol. The van der Waals surface area contributed by atoms with Crippen LogP contribution in [0.25, 0.3) is 20.7 Å². The Morgan fingerprint density at radius 1 is 1.54 bits per heavy atom. The van der Waals surface area contributed by atoms with Crippen molar-refractivity contribution < 1.29 is 0 Å². The van der Waals surface area contributed by atoms with Crippen molar-refractivity contribution in [2.24, 2.45) is 5.11 Å². The van der Waals surface area contributed by atoms with Gasteiger partial charge in [-0.05, 0) is 23.2 Å². The predicted molar refractivity (Wildman–Crippen MR) is 52.5 cm³/mol. The molecule has 0 radical (unpaired) electrons. The minimum atomic E-state index is 0.407. The second kappa shape index (κ2) is 3.43. The Balaban J connectivity index is 2.42. The largest absolute Gasteiger partial charge is 0.245 e. The molecule has 0 aliphatic rings. The number of thiazole rings is 1. The number of fused-ring (bicyclic) bond motifs is 1. The number of rotatable bonds is 2. The van der Waals surface area contributed by atoms with Gasteiger partial charge in [-0.2, -0.15) is 0 Å². The summed E-state index contributed by atoms with van der Waals surface area (Å²) in [4.78, 5) is 6.87. The van der Waals surface area contributed by atoms with Crippen molar-refractivity contribution in [2.45, 2.75) is 6.54 Å². The van der Waals surface area contributed by atoms with Gasteiger partial charge in [0.05, 0.1) is 22.3 Å². The average molecular weight is 190 g/mol. The minimum absolute atomic E-state index is 0.407. The quantitative estimate of drug-likeness (QED) is 0.407. The Hall–Kier alpha value is -1.58. The van der Waals surface area contributed by atoms with Gasteiger partial charge in [-0.25, -0.2) is 4.98 Å². The maximum atomic E-state index is 8.15. The van der Waals surface area contributed by atoms with Crippen molar-refractivity contribution in [3.05, 3.63) is 39.7 Å². The van der Waals surface area contributed by atoms with Crippen LogP contribution in [0.1, 0.15) is 5.56 Å². The van der Waals surface area contributed by atoms with Crippen LogP contribution in [0.3, 0.4) is 0 Å². The van der Waals surface area contributed by atoms with E-state index < -0.39 is 0 Å². The summed E-state index contributed by atoms with van der Waals surface area (Å²) in [6, 6.07) is 5.87. The fourth-order valence-corrected chi connectivity index (χ4v) is 1.85. The summed E-state index contributed by atoms with van der Waals surface area (Å²) in [7, 11) is 0. The number of nitrogens with zero attached hydrogens (tertiary/aromatic N) is 4. The fraction of sp³-hybridized carbons (Fsp3) is 0.125. The molecule has 0 aliphatic carbocycles. The van der Waals surface area contributed by atoms with Crippen LogP contribution in [-0.2, 0) is 6.54 Å². The van der Waals surface area contributed by atoms with Gasteiger partial charge in [-0.15, -0.1) is 11.3 Å². The van der Waals surface area contributed by atoms with Crippen LogP contribution >= 0.6 is 11.3 Å². The molecule has 0 saturated carbocycles. The maximum Gasteiger partial charge on any atom is 0.0812 e. The Kier molecular flexibility index (Phi) is 2.12. The van der Waals surface area contributed by atoms with Gasteiger partial charge in [-0.1, -0.05) is 11.2 Å². The molecule has 0 N–H and O–H groups in total. The highest BCUT2D eigenvalue weighted by atomic mass is 32.1. The van der Waals surface area contributed by atoms with Crippen LogP contribution in [0.15, 0.2) is 28.8 Å². The van der Waals surface area contributed by atoms with Crippen molar-refractivity contribution in [1.29, 1.82) is 0 Å². The summed E-state index contributed by atoms with van der Waals surface area (Å²) < 4.78 is 1.13. The molecule has 0 atom stereocenters. The lowest BCUT2D eigenvalue weighted by Crippen LogP contribution is -1.78. The number of benzene rings is 1. The fourth-order valence-electron chi connectivity index (χ4n) is 1.11. The standard InChI is InChI=1S/C8H6N4S/c9-12-11-4-6-1-2-7-8(3-6)13-5-10-7/h1-3,5H,4H2. The van der Waals surface area contributed by atoms with E-state index >= 15 is 0 Å². The van der Waals surface area contributed by atoms with Crippen LogP contribution in [-0.4, -0.2) is 4.98 Å². The molecule has 4 nitrogen and oxygen atoms in total. The number of hydrogen-bond donors (Lipinski definition) is 0. The zero-order chi connectivity index (χ0) is 9.10. The lowest BCUT2D eigenvalue weighted by atomic mass is 10.2. The Bertz CT molecular complexity index is 470. The van der Waals surface area contributed by atoms with Crippen LogP contribution in [0.2, 0.25) is 0 Å². The number of aromatic nitrogens is 1. The van der Waals surface area contributed by atoms with Crippen molar-refractivity contribution in [3.63, 3.8) is 0 Å². The lowest BCUT2D eigenvalue weighted by Gasteiger charge is -1.93. The Morgan fingerprint density at radius 2 is 2.46 bits per heavy atom. The summed E-state index contributed by atoms with van der Waals surface area (Å²) in [6.07, 6.45) is 0. The molecule has 5 heteroatoms. The molecule has 0 unspecified atom stereocenters. The van der Waals surface area contributed by atoms with Crippen molar-refractivity contribution >= 4 is 21.6 Å². The van der Waals surface area contributed by atoms with E-state index in [1.54, 1.807) is 11.3 Å². The molecule has 64 valence electrons. The SMILES string of the molecule is [N-]=[N+]=NCc1ccc2ncsc2c1. The molecule has 1 aromatic heterocycles. The van der Waals surface area contributed by atoms with Crippen LogP contribution in [0, 0.1) is 0 Å². The van der Waals surface area contributed by atoms with E-state index in [9.17, 15) is 0 Å². The van der Waals surface area contributed by atoms with E-state index in [1.165, 1.54) is 0 Å². The Morgan fingerprint density at radius 3 is 3.31 bits per heavy atom. The third-order valence-corrected chi connectivity index (χ3v) is 2.50. The first kappa shape index (κ1) is 8.04. The first-order chi connectivity index (χ1) is 6.40. The molecular formula is C8H6N4S. The van der Waals surface area contributed by atoms with Gasteiger partial charge in [0.1, 0.15) is 0 Å². The maximum absolute atomic E-state index is 8.15. The van der Waals surface area contributed by atoms with Crippen LogP contribution in [0.4, 0.5) is 0 Å². The number of azide groups is 1. The molecule has 2 rings (SSSR count). The summed E-state index contributed by atoms with van der Waals surface area (Å²) >= 11 is 1.59. The summed E-state index contributed by atoms with van der Waals surface area (Å²) in [6.45, 7) is 0.407. The first-order valence-electron chi connectivity index (χ1n) is 3.73. The molecule has 0 fully saturated rings. The van der Waals surface area contributed by atoms with Crippen molar-refractivity contribution in [1.82, 2.24) is 4.98 Å². The summed E-state index contributed by atoms with van der Waals surface area (Å²) in [5, 5.41) is 3.50. The third-order valence-electron chi connectivity index (χ3n) is 1.71. The molecule has 0 aliphatic heterocycles. The zero-order valence-electron chi connectivity index (χ0n) is 6.71. The van der Waals surface area contributed by atoms with Gasteiger partial charge in [0.25, 0.3) is 0 Å². The smallest absolute Gasteiger partial charge is 0.0812 e. The van der Waals surface area contributed by atoms with Crippen LogP contribution < -0.4 is 0 Å². The monoisotopic (exact) mass is 190 g/mol. The highest BCUT2D eigenvalue weighted by molar-refractivity contribution is 7.16. The van der Waals surface area contributed by atoms with E-state index in [0.29, 0.717) is 6.54 Å². The highest BCUT2D eigenvalue weighted by Gasteiger charge is 1.96. The van der Waals surface area contributed by atoms with Gasteiger partial charge >= 0.3 is 0 Å². The summed E-state index contributed by atoms with van der Waals surface area (Å²) in [5.41, 5.74) is 12.0. The molecule has 0 amide bonds. The normalized spacial score (nSPS) is 9.85. The highest BCUT2D eigenvalue weighted by Crippen LogP contribution is 2.19. The predicted octanol–water partition coefficient (Wildman–Crippen LogP) is 3.11. The minimum Gasteiger partial charge on any atom is -0.245 e.